The third kappa shape index (κ3) is 3.25. The number of aromatic nitrogens is 2. The summed E-state index contributed by atoms with van der Waals surface area (Å²) >= 11 is 0. The number of piperidine rings is 1. The standard InChI is InChI=1S/C21H21N3O2/c25-20-12-11-19(18-10-6-8-16-7-2-3-9-17(16)18)22-24(20)15-21(26)23-13-4-1-5-14-23/h2-3,6-12H,1,4-5,13-15H2. The zero-order chi connectivity index (χ0) is 17.9. The number of benzene rings is 2. The molecular weight excluding hydrogens is 326 g/mol. The normalized spacial score (nSPS) is 14.5. The molecule has 0 aliphatic carbocycles. The second-order valence-corrected chi connectivity index (χ2v) is 6.68. The zero-order valence-electron chi connectivity index (χ0n) is 14.6. The second kappa shape index (κ2) is 7.12. The van der Waals surface area contributed by atoms with E-state index in [2.05, 4.69) is 17.2 Å². The van der Waals surface area contributed by atoms with Crippen LogP contribution in [0.2, 0.25) is 0 Å². The van der Waals surface area contributed by atoms with E-state index in [9.17, 15) is 9.59 Å². The Labute approximate surface area is 151 Å². The molecule has 5 nitrogen and oxygen atoms in total. The molecule has 0 radical (unpaired) electrons. The SMILES string of the molecule is O=C(Cn1nc(-c2cccc3ccccc23)ccc1=O)N1CCCCC1. The molecule has 5 heteroatoms. The predicted molar refractivity (Wildman–Crippen MR) is 102 cm³/mol. The van der Waals surface area contributed by atoms with Crippen LogP contribution in [0.25, 0.3) is 22.0 Å². The van der Waals surface area contributed by atoms with Gasteiger partial charge in [0.05, 0.1) is 5.69 Å². The predicted octanol–water partition coefficient (Wildman–Crippen LogP) is 3.08. The first kappa shape index (κ1) is 16.5. The van der Waals surface area contributed by atoms with Crippen LogP contribution >= 0.6 is 0 Å². The molecule has 26 heavy (non-hydrogen) atoms. The minimum Gasteiger partial charge on any atom is -0.341 e. The molecule has 1 amide bonds. The number of likely N-dealkylation sites (tertiary alicyclic amines) is 1. The summed E-state index contributed by atoms with van der Waals surface area (Å²) in [6.07, 6.45) is 3.23. The Balaban J connectivity index is 1.68. The van der Waals surface area contributed by atoms with E-state index in [1.807, 2.05) is 35.2 Å². The van der Waals surface area contributed by atoms with E-state index in [4.69, 9.17) is 0 Å². The summed E-state index contributed by atoms with van der Waals surface area (Å²) < 4.78 is 1.29. The first-order valence-corrected chi connectivity index (χ1v) is 9.06. The van der Waals surface area contributed by atoms with Crippen LogP contribution in [0.5, 0.6) is 0 Å². The van der Waals surface area contributed by atoms with E-state index >= 15 is 0 Å². The number of amides is 1. The second-order valence-electron chi connectivity index (χ2n) is 6.68. The fraction of sp³-hybridized carbons (Fsp3) is 0.286. The molecule has 0 unspecified atom stereocenters. The van der Waals surface area contributed by atoms with Gasteiger partial charge in [0.2, 0.25) is 5.91 Å². The van der Waals surface area contributed by atoms with E-state index in [-0.39, 0.29) is 18.0 Å². The lowest BCUT2D eigenvalue weighted by atomic mass is 10.0. The molecule has 2 aromatic carbocycles. The molecule has 0 atom stereocenters. The largest absolute Gasteiger partial charge is 0.341 e. The van der Waals surface area contributed by atoms with Gasteiger partial charge in [-0.1, -0.05) is 42.5 Å². The van der Waals surface area contributed by atoms with Gasteiger partial charge in [-0.05, 0) is 36.1 Å². The highest BCUT2D eigenvalue weighted by molar-refractivity contribution is 5.95. The van der Waals surface area contributed by atoms with Crippen molar-refractivity contribution in [2.24, 2.45) is 0 Å². The lowest BCUT2D eigenvalue weighted by Gasteiger charge is -2.26. The van der Waals surface area contributed by atoms with Gasteiger partial charge in [0, 0.05) is 24.7 Å². The van der Waals surface area contributed by atoms with Crippen LogP contribution in [0.3, 0.4) is 0 Å². The molecule has 0 saturated carbocycles. The Bertz CT molecular complexity index is 998. The number of rotatable bonds is 3. The van der Waals surface area contributed by atoms with Crippen molar-refractivity contribution in [3.05, 3.63) is 65.0 Å². The minimum atomic E-state index is -0.251. The van der Waals surface area contributed by atoms with Gasteiger partial charge in [-0.2, -0.15) is 5.10 Å². The average molecular weight is 347 g/mol. The van der Waals surface area contributed by atoms with Gasteiger partial charge in [-0.15, -0.1) is 0 Å². The fourth-order valence-electron chi connectivity index (χ4n) is 3.53. The molecule has 4 rings (SSSR count). The lowest BCUT2D eigenvalue weighted by molar-refractivity contribution is -0.133. The smallest absolute Gasteiger partial charge is 0.267 e. The molecule has 132 valence electrons. The van der Waals surface area contributed by atoms with E-state index in [1.54, 1.807) is 6.07 Å². The van der Waals surface area contributed by atoms with Gasteiger partial charge in [-0.3, -0.25) is 9.59 Å². The average Bonchev–Trinajstić information content (AvgIpc) is 2.70. The number of fused-ring (bicyclic) bond motifs is 1. The van der Waals surface area contributed by atoms with Gasteiger partial charge in [0.15, 0.2) is 0 Å². The molecule has 1 aliphatic heterocycles. The first-order valence-electron chi connectivity index (χ1n) is 9.06. The molecule has 1 aliphatic rings. The quantitative estimate of drug-likeness (QED) is 0.732. The first-order chi connectivity index (χ1) is 12.7. The maximum absolute atomic E-state index is 12.5. The van der Waals surface area contributed by atoms with Crippen molar-refractivity contribution < 1.29 is 4.79 Å². The monoisotopic (exact) mass is 347 g/mol. The minimum absolute atomic E-state index is 0.00254. The third-order valence-corrected chi connectivity index (χ3v) is 4.93. The van der Waals surface area contributed by atoms with Crippen LogP contribution in [-0.4, -0.2) is 33.7 Å². The number of hydrogen-bond acceptors (Lipinski definition) is 3. The van der Waals surface area contributed by atoms with Crippen molar-refractivity contribution in [1.82, 2.24) is 14.7 Å². The summed E-state index contributed by atoms with van der Waals surface area (Å²) in [6, 6.07) is 17.3. The molecule has 2 heterocycles. The number of carbonyl (C=O) groups excluding carboxylic acids is 1. The number of hydrogen-bond donors (Lipinski definition) is 0. The van der Waals surface area contributed by atoms with E-state index in [0.29, 0.717) is 5.69 Å². The number of nitrogens with zero attached hydrogens (tertiary/aromatic N) is 3. The molecule has 0 bridgehead atoms. The van der Waals surface area contributed by atoms with Crippen LogP contribution in [0.4, 0.5) is 0 Å². The Morgan fingerprint density at radius 3 is 2.54 bits per heavy atom. The highest BCUT2D eigenvalue weighted by Crippen LogP contribution is 2.26. The van der Waals surface area contributed by atoms with Gasteiger partial charge >= 0.3 is 0 Å². The van der Waals surface area contributed by atoms with Crippen LogP contribution in [0.1, 0.15) is 19.3 Å². The third-order valence-electron chi connectivity index (χ3n) is 4.93. The van der Waals surface area contributed by atoms with Crippen molar-refractivity contribution in [3.8, 4) is 11.3 Å². The van der Waals surface area contributed by atoms with Gasteiger partial charge in [0.25, 0.3) is 5.56 Å². The van der Waals surface area contributed by atoms with Crippen molar-refractivity contribution in [2.45, 2.75) is 25.8 Å². The van der Waals surface area contributed by atoms with Gasteiger partial charge in [-0.25, -0.2) is 4.68 Å². The van der Waals surface area contributed by atoms with Crippen molar-refractivity contribution in [2.75, 3.05) is 13.1 Å². The van der Waals surface area contributed by atoms with Crippen LogP contribution in [0, 0.1) is 0 Å². The molecule has 0 spiro atoms. The van der Waals surface area contributed by atoms with Crippen molar-refractivity contribution in [3.63, 3.8) is 0 Å². The van der Waals surface area contributed by atoms with Gasteiger partial charge < -0.3 is 4.90 Å². The highest BCUT2D eigenvalue weighted by atomic mass is 16.2. The summed E-state index contributed by atoms with van der Waals surface area (Å²) in [7, 11) is 0. The van der Waals surface area contributed by atoms with Crippen molar-refractivity contribution >= 4 is 16.7 Å². The topological polar surface area (TPSA) is 55.2 Å². The summed E-state index contributed by atoms with van der Waals surface area (Å²) in [5.41, 5.74) is 1.41. The van der Waals surface area contributed by atoms with Crippen molar-refractivity contribution in [1.29, 1.82) is 0 Å². The number of carbonyl (C=O) groups is 1. The summed E-state index contributed by atoms with van der Waals surface area (Å²) in [6.45, 7) is 1.55. The molecular formula is C21H21N3O2. The molecule has 3 aromatic rings. The van der Waals surface area contributed by atoms with Crippen LogP contribution in [0.15, 0.2) is 59.4 Å². The molecule has 1 aromatic heterocycles. The lowest BCUT2D eigenvalue weighted by Crippen LogP contribution is -2.40. The fourth-order valence-corrected chi connectivity index (χ4v) is 3.53. The summed E-state index contributed by atoms with van der Waals surface area (Å²) in [5, 5.41) is 6.68. The maximum Gasteiger partial charge on any atom is 0.267 e. The Morgan fingerprint density at radius 2 is 1.69 bits per heavy atom. The molecule has 1 fully saturated rings. The summed E-state index contributed by atoms with van der Waals surface area (Å²) in [5.74, 6) is -0.0330. The highest BCUT2D eigenvalue weighted by Gasteiger charge is 2.18. The molecule has 1 saturated heterocycles. The van der Waals surface area contributed by atoms with Crippen LogP contribution in [-0.2, 0) is 11.3 Å². The van der Waals surface area contributed by atoms with E-state index < -0.39 is 0 Å². The Kier molecular flexibility index (Phi) is 4.52. The van der Waals surface area contributed by atoms with E-state index in [0.717, 1.165) is 42.3 Å². The van der Waals surface area contributed by atoms with Crippen LogP contribution < -0.4 is 5.56 Å². The zero-order valence-corrected chi connectivity index (χ0v) is 14.6. The Morgan fingerprint density at radius 1 is 0.923 bits per heavy atom. The summed E-state index contributed by atoms with van der Waals surface area (Å²) in [4.78, 5) is 26.6. The maximum atomic E-state index is 12.5. The Hall–Kier alpha value is -2.95. The van der Waals surface area contributed by atoms with Gasteiger partial charge in [0.1, 0.15) is 6.54 Å². The van der Waals surface area contributed by atoms with E-state index in [1.165, 1.54) is 17.2 Å². The molecule has 0 N–H and O–H groups in total.